The third-order valence-electron chi connectivity index (χ3n) is 4.65. The number of carbonyl (C=O) groups is 1. The standard InChI is InChI=1S/C21H21FN4O3S/c1-13-10-17-18(29-9-5-8-28-17)11-14(13)20-24-25-21(26(20)2)30-12-19(27)23-16-7-4-3-6-15(16)22/h3-4,6-7,10-11H,5,8-9,12H2,1-2H3,(H,23,27). The first-order valence-electron chi connectivity index (χ1n) is 9.50. The fourth-order valence-electron chi connectivity index (χ4n) is 3.11. The molecule has 3 aromatic rings. The van der Waals surface area contributed by atoms with Gasteiger partial charge in [-0.15, -0.1) is 10.2 Å². The van der Waals surface area contributed by atoms with Gasteiger partial charge in [-0.25, -0.2) is 4.39 Å². The van der Waals surface area contributed by atoms with Crippen LogP contribution in [0.1, 0.15) is 12.0 Å². The molecule has 1 amide bonds. The van der Waals surface area contributed by atoms with Gasteiger partial charge in [0, 0.05) is 19.0 Å². The van der Waals surface area contributed by atoms with Crippen LogP contribution in [-0.2, 0) is 11.8 Å². The lowest BCUT2D eigenvalue weighted by molar-refractivity contribution is -0.113. The first-order valence-corrected chi connectivity index (χ1v) is 10.5. The first kappa shape index (κ1) is 20.2. The van der Waals surface area contributed by atoms with Crippen LogP contribution in [0.3, 0.4) is 0 Å². The van der Waals surface area contributed by atoms with Crippen LogP contribution in [0, 0.1) is 12.7 Å². The van der Waals surface area contributed by atoms with Crippen LogP contribution < -0.4 is 14.8 Å². The highest BCUT2D eigenvalue weighted by molar-refractivity contribution is 7.99. The van der Waals surface area contributed by atoms with E-state index in [1.165, 1.54) is 23.9 Å². The van der Waals surface area contributed by atoms with Crippen LogP contribution >= 0.6 is 11.8 Å². The molecule has 156 valence electrons. The van der Waals surface area contributed by atoms with Gasteiger partial charge in [0.2, 0.25) is 5.91 Å². The Balaban J connectivity index is 1.48. The normalized spacial score (nSPS) is 13.0. The van der Waals surface area contributed by atoms with Crippen molar-refractivity contribution in [3.05, 3.63) is 47.8 Å². The fraction of sp³-hybridized carbons (Fsp3) is 0.286. The first-order chi connectivity index (χ1) is 14.5. The summed E-state index contributed by atoms with van der Waals surface area (Å²) in [6.07, 6.45) is 0.836. The number of amides is 1. The summed E-state index contributed by atoms with van der Waals surface area (Å²) in [5.74, 6) is 1.38. The van der Waals surface area contributed by atoms with Gasteiger partial charge in [0.25, 0.3) is 0 Å². The zero-order chi connectivity index (χ0) is 21.1. The highest BCUT2D eigenvalue weighted by atomic mass is 32.2. The molecule has 0 spiro atoms. The topological polar surface area (TPSA) is 78.3 Å². The summed E-state index contributed by atoms with van der Waals surface area (Å²) in [6, 6.07) is 9.92. The van der Waals surface area contributed by atoms with Gasteiger partial charge in [0.1, 0.15) is 5.82 Å². The minimum Gasteiger partial charge on any atom is -0.490 e. The van der Waals surface area contributed by atoms with E-state index in [4.69, 9.17) is 9.47 Å². The molecule has 0 radical (unpaired) electrons. The molecule has 0 unspecified atom stereocenters. The molecule has 4 rings (SSSR count). The van der Waals surface area contributed by atoms with E-state index < -0.39 is 5.82 Å². The third kappa shape index (κ3) is 4.25. The molecule has 1 aromatic heterocycles. The smallest absolute Gasteiger partial charge is 0.234 e. The fourth-order valence-corrected chi connectivity index (χ4v) is 3.82. The second kappa shape index (κ2) is 8.74. The number of fused-ring (bicyclic) bond motifs is 1. The van der Waals surface area contributed by atoms with E-state index in [0.29, 0.717) is 29.9 Å². The quantitative estimate of drug-likeness (QED) is 0.623. The van der Waals surface area contributed by atoms with Gasteiger partial charge in [-0.2, -0.15) is 0 Å². The number of aromatic nitrogens is 3. The van der Waals surface area contributed by atoms with Crippen molar-refractivity contribution in [2.24, 2.45) is 7.05 Å². The molecular weight excluding hydrogens is 407 g/mol. The van der Waals surface area contributed by atoms with Crippen molar-refractivity contribution in [1.29, 1.82) is 0 Å². The number of aryl methyl sites for hydroxylation is 1. The SMILES string of the molecule is Cc1cc2c(cc1-c1nnc(SCC(=O)Nc3ccccc3F)n1C)OCCCO2. The summed E-state index contributed by atoms with van der Waals surface area (Å²) in [5, 5.41) is 11.7. The van der Waals surface area contributed by atoms with Crippen LogP contribution in [-0.4, -0.2) is 39.6 Å². The number of rotatable bonds is 5. The number of para-hydroxylation sites is 1. The summed E-state index contributed by atoms with van der Waals surface area (Å²) in [6.45, 7) is 3.21. The Morgan fingerprint density at radius 3 is 2.70 bits per heavy atom. The molecule has 7 nitrogen and oxygen atoms in total. The molecule has 0 saturated carbocycles. The molecule has 0 atom stereocenters. The van der Waals surface area contributed by atoms with Crippen LogP contribution in [0.25, 0.3) is 11.4 Å². The lowest BCUT2D eigenvalue weighted by Crippen LogP contribution is -2.15. The van der Waals surface area contributed by atoms with E-state index in [0.717, 1.165) is 23.3 Å². The molecule has 0 fully saturated rings. The number of ether oxygens (including phenoxy) is 2. The van der Waals surface area contributed by atoms with Gasteiger partial charge in [0.05, 0.1) is 24.7 Å². The van der Waals surface area contributed by atoms with Crippen molar-refractivity contribution in [3.8, 4) is 22.9 Å². The molecule has 0 aliphatic carbocycles. The maximum atomic E-state index is 13.7. The van der Waals surface area contributed by atoms with Crippen LogP contribution in [0.4, 0.5) is 10.1 Å². The molecule has 30 heavy (non-hydrogen) atoms. The molecular formula is C21H21FN4O3S. The van der Waals surface area contributed by atoms with Crippen LogP contribution in [0.2, 0.25) is 0 Å². The molecule has 2 aromatic carbocycles. The van der Waals surface area contributed by atoms with Crippen molar-refractivity contribution in [1.82, 2.24) is 14.8 Å². The number of hydrogen-bond donors (Lipinski definition) is 1. The molecule has 9 heteroatoms. The zero-order valence-electron chi connectivity index (χ0n) is 16.6. The van der Waals surface area contributed by atoms with Crippen LogP contribution in [0.5, 0.6) is 11.5 Å². The summed E-state index contributed by atoms with van der Waals surface area (Å²) < 4.78 is 27.0. The molecule has 1 N–H and O–H groups in total. The number of nitrogens with zero attached hydrogens (tertiary/aromatic N) is 3. The van der Waals surface area contributed by atoms with Gasteiger partial charge in [0.15, 0.2) is 22.5 Å². The Labute approximate surface area is 177 Å². The summed E-state index contributed by atoms with van der Waals surface area (Å²) in [7, 11) is 1.84. The van der Waals surface area contributed by atoms with Gasteiger partial charge >= 0.3 is 0 Å². The van der Waals surface area contributed by atoms with Crippen LogP contribution in [0.15, 0.2) is 41.6 Å². The van der Waals surface area contributed by atoms with E-state index in [-0.39, 0.29) is 17.3 Å². The number of hydrogen-bond acceptors (Lipinski definition) is 6. The highest BCUT2D eigenvalue weighted by Crippen LogP contribution is 2.37. The van der Waals surface area contributed by atoms with E-state index in [9.17, 15) is 9.18 Å². The van der Waals surface area contributed by atoms with E-state index in [2.05, 4.69) is 15.5 Å². The van der Waals surface area contributed by atoms with E-state index in [1.54, 1.807) is 12.1 Å². The number of halogens is 1. The van der Waals surface area contributed by atoms with Crippen molar-refractivity contribution in [3.63, 3.8) is 0 Å². The average Bonchev–Trinajstić information content (AvgIpc) is 2.93. The maximum absolute atomic E-state index is 13.7. The Hall–Kier alpha value is -3.07. The lowest BCUT2D eigenvalue weighted by atomic mass is 10.1. The summed E-state index contributed by atoms with van der Waals surface area (Å²) in [5.41, 5.74) is 2.03. The molecule has 2 heterocycles. The predicted molar refractivity (Wildman–Crippen MR) is 113 cm³/mol. The average molecular weight is 428 g/mol. The lowest BCUT2D eigenvalue weighted by Gasteiger charge is -2.12. The van der Waals surface area contributed by atoms with Gasteiger partial charge < -0.3 is 19.4 Å². The van der Waals surface area contributed by atoms with E-state index >= 15 is 0 Å². The Bertz CT molecular complexity index is 1090. The molecule has 1 aliphatic heterocycles. The van der Waals surface area contributed by atoms with E-state index in [1.807, 2.05) is 30.7 Å². The highest BCUT2D eigenvalue weighted by Gasteiger charge is 2.19. The second-order valence-electron chi connectivity index (χ2n) is 6.85. The Morgan fingerprint density at radius 2 is 1.93 bits per heavy atom. The van der Waals surface area contributed by atoms with Crippen molar-refractivity contribution in [2.45, 2.75) is 18.5 Å². The predicted octanol–water partition coefficient (Wildman–Crippen LogP) is 3.82. The number of thioether (sulfide) groups is 1. The zero-order valence-corrected chi connectivity index (χ0v) is 17.5. The largest absolute Gasteiger partial charge is 0.490 e. The minimum absolute atomic E-state index is 0.0838. The third-order valence-corrected chi connectivity index (χ3v) is 5.67. The summed E-state index contributed by atoms with van der Waals surface area (Å²) >= 11 is 1.23. The number of anilines is 1. The van der Waals surface area contributed by atoms with Crippen molar-refractivity contribution >= 4 is 23.4 Å². The van der Waals surface area contributed by atoms with Crippen molar-refractivity contribution < 1.29 is 18.7 Å². The molecule has 0 saturated heterocycles. The minimum atomic E-state index is -0.471. The number of benzene rings is 2. The maximum Gasteiger partial charge on any atom is 0.234 e. The number of carbonyl (C=O) groups excluding carboxylic acids is 1. The number of nitrogens with one attached hydrogen (secondary N) is 1. The second-order valence-corrected chi connectivity index (χ2v) is 7.79. The van der Waals surface area contributed by atoms with Gasteiger partial charge in [-0.05, 0) is 36.8 Å². The summed E-state index contributed by atoms with van der Waals surface area (Å²) in [4.78, 5) is 12.2. The van der Waals surface area contributed by atoms with Gasteiger partial charge in [-0.3, -0.25) is 4.79 Å². The van der Waals surface area contributed by atoms with Crippen molar-refractivity contribution in [2.75, 3.05) is 24.3 Å². The monoisotopic (exact) mass is 428 g/mol. The Morgan fingerprint density at radius 1 is 1.20 bits per heavy atom. The molecule has 0 bridgehead atoms. The Kier molecular flexibility index (Phi) is 5.89. The van der Waals surface area contributed by atoms with Gasteiger partial charge in [-0.1, -0.05) is 23.9 Å². The molecule has 1 aliphatic rings.